The molecule has 0 saturated carbocycles. The molecule has 494 valence electrons. The molecule has 28 heteroatoms. The van der Waals surface area contributed by atoms with E-state index in [-0.39, 0.29) is 77.2 Å². The largest absolute Gasteiger partial charge is 0.862 e. The van der Waals surface area contributed by atoms with Crippen LogP contribution in [0.25, 0.3) is 11.0 Å². The highest BCUT2D eigenvalue weighted by molar-refractivity contribution is 7.47. The van der Waals surface area contributed by atoms with Crippen molar-refractivity contribution in [2.24, 2.45) is 84.0 Å². The lowest BCUT2D eigenvalue weighted by Crippen LogP contribution is -2.60. The lowest BCUT2D eigenvalue weighted by Gasteiger charge is -2.48. The minimum Gasteiger partial charge on any atom is -0.862 e. The third kappa shape index (κ3) is 13.0. The Morgan fingerprint density at radius 2 is 1.43 bits per heavy atom. The Bertz CT molecular complexity index is 3470. The Labute approximate surface area is 524 Å². The zero-order valence-electron chi connectivity index (χ0n) is 53.3. The topological polar surface area (TPSA) is 464 Å². The van der Waals surface area contributed by atoms with Gasteiger partial charge in [-0.05, 0) is 126 Å². The lowest BCUT2D eigenvalue weighted by molar-refractivity contribution is -0.220. The first kappa shape index (κ1) is 69.0. The number of imidazole rings is 1. The molecule has 8 bridgehead atoms. The number of allylic oxidation sites excluding steroid dienone is 5. The molecule has 3 fully saturated rings. The highest BCUT2D eigenvalue weighted by Crippen LogP contribution is 2.62. The molecular formula is C62H91N13O14P-. The van der Waals surface area contributed by atoms with Crippen LogP contribution in [0.5, 0.6) is 0 Å². The predicted molar refractivity (Wildman–Crippen MR) is 332 cm³/mol. The maximum Gasteiger partial charge on any atom is 0.472 e. The number of hydrogen-bond donors (Lipinski definition) is 12. The molecular weight excluding hydrogens is 1180 g/mol. The second-order valence-electron chi connectivity index (χ2n) is 27.3. The Hall–Kier alpha value is -6.87. The van der Waals surface area contributed by atoms with Gasteiger partial charge in [0.15, 0.2) is 6.23 Å². The number of benzene rings is 1. The smallest absolute Gasteiger partial charge is 0.472 e. The van der Waals surface area contributed by atoms with Crippen molar-refractivity contribution >= 4 is 71.6 Å². The van der Waals surface area contributed by atoms with E-state index in [9.17, 15) is 53.5 Å². The second kappa shape index (κ2) is 25.7. The summed E-state index contributed by atoms with van der Waals surface area (Å²) in [4.78, 5) is 108. The normalized spacial score (nSPS) is 33.4. The molecule has 1 aromatic heterocycles. The van der Waals surface area contributed by atoms with Crippen molar-refractivity contribution in [3.63, 3.8) is 0 Å². The molecule has 6 aliphatic rings. The standard InChI is InChI=1S/C62H92N13O14P/c1-29-20-39-40(21-30(29)2)75(28-70-39)57-52(84)53(41(27-76)87-57)89-90(85,86)88-31(3)26-69-49(83)18-19-59(8)37(22-46(66)80)56-62(11)61(10,25-48(68)82)36(14-17-45(65)79)51(74-62)33(5)55-60(9,24-47(67)81)34(12-15-43(63)77)38(71-55)23-42-58(6,7)35(13-16-44(64)78)50(72-42)32(4)54(59)73-56/h20-21,23,28,31,34-38,41,52-53,56-57,72,74,76,84H,12-19,22,24-27H2,1-11H3,(H2,63,77)(H2,64,78)(H2,65,79)(H2,66,80)(H2,67,81)(H2,68,82)(H,69,83)(H,85,86)/p-1/b42-23-,50-32?,51-33?/t31?,34-,35-,36-,37+,38?,41-,52-,53-,56?,57+,59-,60+,61+,62+/m1/s1. The number of hydrogen-bond acceptors (Lipinski definition) is 19. The van der Waals surface area contributed by atoms with Crippen molar-refractivity contribution in [2.75, 3.05) is 13.2 Å². The molecule has 0 spiro atoms. The minimum atomic E-state index is -5.06. The molecule has 3 saturated heterocycles. The summed E-state index contributed by atoms with van der Waals surface area (Å²) < 4.78 is 32.3. The summed E-state index contributed by atoms with van der Waals surface area (Å²) in [5, 5.41) is 52.7. The van der Waals surface area contributed by atoms with E-state index in [1.807, 2.05) is 87.4 Å². The maximum atomic E-state index is 14.4. The fourth-order valence-electron chi connectivity index (χ4n) is 15.8. The van der Waals surface area contributed by atoms with Crippen LogP contribution in [0.3, 0.4) is 0 Å². The molecule has 90 heavy (non-hydrogen) atoms. The Morgan fingerprint density at radius 3 is 2.03 bits per heavy atom. The average molecular weight is 1270 g/mol. The SMILES string of the molecule is CC1=C2N/C(=C\C3N=C(C(C)=C4N[C@@](C)(C5N=C1[C@](C)(CCC(=O)NCC(C)OP(=O)(O)O[C@H]1[C@@H](O)[C@@H](n6cnc7cc(C)c(C)cc76)O[C@@H]1CO)[C@H]5CC(N)=O)[C@@](C)(CC(N)=O)[C@@H]4CCC(N)=O)[C@@](C)(CC(N)=O)[C@@H]3CCC(=N)[O-])C(C)(C)[C@@H]2CCC(N)=O. The molecule has 6 amide bonds. The number of aryl methyl sites for hydroxylation is 2. The van der Waals surface area contributed by atoms with E-state index >= 15 is 0 Å². The fourth-order valence-corrected chi connectivity index (χ4v) is 17.0. The van der Waals surface area contributed by atoms with Crippen LogP contribution < -0.4 is 49.7 Å². The van der Waals surface area contributed by atoms with Crippen LogP contribution in [0.15, 0.2) is 62.8 Å². The van der Waals surface area contributed by atoms with Gasteiger partial charge in [0.25, 0.3) is 0 Å². The Morgan fingerprint density at radius 1 is 0.822 bits per heavy atom. The van der Waals surface area contributed by atoms with E-state index in [0.717, 1.165) is 11.1 Å². The van der Waals surface area contributed by atoms with Crippen molar-refractivity contribution in [1.82, 2.24) is 25.5 Å². The second-order valence-corrected chi connectivity index (χ2v) is 28.7. The zero-order valence-corrected chi connectivity index (χ0v) is 54.2. The zero-order chi connectivity index (χ0) is 66.7. The van der Waals surface area contributed by atoms with E-state index in [0.29, 0.717) is 50.7 Å². The molecule has 0 radical (unpaired) electrons. The van der Waals surface area contributed by atoms with Crippen molar-refractivity contribution in [2.45, 2.75) is 195 Å². The first-order chi connectivity index (χ1) is 41.8. The van der Waals surface area contributed by atoms with Crippen LogP contribution in [0, 0.1) is 64.6 Å². The number of phosphoric ester groups is 1. The number of amides is 6. The van der Waals surface area contributed by atoms with Crippen LogP contribution in [0.1, 0.15) is 150 Å². The van der Waals surface area contributed by atoms with Crippen molar-refractivity contribution in [3.05, 3.63) is 63.9 Å². The summed E-state index contributed by atoms with van der Waals surface area (Å²) in [6, 6.07) is 2.02. The van der Waals surface area contributed by atoms with Crippen LogP contribution in [-0.2, 0) is 47.1 Å². The summed E-state index contributed by atoms with van der Waals surface area (Å²) >= 11 is 0. The Kier molecular flexibility index (Phi) is 19.7. The number of aliphatic hydroxyl groups is 2. The first-order valence-electron chi connectivity index (χ1n) is 30.7. The van der Waals surface area contributed by atoms with E-state index in [1.54, 1.807) is 4.57 Å². The van der Waals surface area contributed by atoms with Crippen molar-refractivity contribution in [3.8, 4) is 0 Å². The van der Waals surface area contributed by atoms with Gasteiger partial charge in [-0.2, -0.15) is 0 Å². The van der Waals surface area contributed by atoms with Crippen molar-refractivity contribution < 1.29 is 67.3 Å². The van der Waals surface area contributed by atoms with Gasteiger partial charge in [-0.3, -0.25) is 47.8 Å². The van der Waals surface area contributed by atoms with Crippen LogP contribution in [-0.4, -0.2) is 133 Å². The minimum absolute atomic E-state index is 0.0104. The molecule has 7 heterocycles. The summed E-state index contributed by atoms with van der Waals surface area (Å²) in [6.07, 6.45) is -4.14. The molecule has 4 unspecified atom stereocenters. The first-order valence-corrected chi connectivity index (χ1v) is 32.2. The fraction of sp³-hybridized carbons (Fsp3) is 0.645. The summed E-state index contributed by atoms with van der Waals surface area (Å²) in [7, 11) is -5.06. The van der Waals surface area contributed by atoms with Gasteiger partial charge in [0, 0.05) is 113 Å². The highest BCUT2D eigenvalue weighted by atomic mass is 31.2. The lowest BCUT2D eigenvalue weighted by atomic mass is 9.56. The number of nitrogens with one attached hydrogen (secondary N) is 4. The number of ether oxygens (including phenoxy) is 1. The maximum absolute atomic E-state index is 14.4. The van der Waals surface area contributed by atoms with Gasteiger partial charge in [0.05, 0.1) is 47.7 Å². The predicted octanol–water partition coefficient (Wildman–Crippen LogP) is 2.53. The van der Waals surface area contributed by atoms with Gasteiger partial charge in [-0.1, -0.05) is 34.6 Å². The number of aromatic nitrogens is 2. The summed E-state index contributed by atoms with van der Waals surface area (Å²) in [5.74, 6) is -7.21. The monoisotopic (exact) mass is 1270 g/mol. The average Bonchev–Trinajstić information content (AvgIpc) is 1.53. The van der Waals surface area contributed by atoms with Gasteiger partial charge < -0.3 is 79.5 Å². The van der Waals surface area contributed by atoms with Gasteiger partial charge in [-0.25, -0.2) is 9.55 Å². The summed E-state index contributed by atoms with van der Waals surface area (Å²) in [5.41, 5.74) is 31.6. The van der Waals surface area contributed by atoms with Gasteiger partial charge in [-0.15, -0.1) is 0 Å². The molecule has 0 aliphatic carbocycles. The van der Waals surface area contributed by atoms with E-state index in [4.69, 9.17) is 57.8 Å². The number of primary amides is 5. The number of carbonyl (C=O) groups excluding carboxylic acids is 6. The number of carbonyl (C=O) groups is 6. The summed E-state index contributed by atoms with van der Waals surface area (Å²) in [6.45, 7) is 19.5. The van der Waals surface area contributed by atoms with Gasteiger partial charge in [0.1, 0.15) is 18.3 Å². The third-order valence-corrected chi connectivity index (χ3v) is 22.0. The van der Waals surface area contributed by atoms with Crippen LogP contribution in [0.4, 0.5) is 0 Å². The molecule has 8 rings (SSSR count). The molecule has 27 nitrogen and oxygen atoms in total. The van der Waals surface area contributed by atoms with Crippen LogP contribution in [0.2, 0.25) is 0 Å². The molecule has 2 aromatic rings. The number of aliphatic hydroxyl groups excluding tert-OH is 2. The van der Waals surface area contributed by atoms with E-state index in [2.05, 4.69) is 20.9 Å². The number of phosphoric acid groups is 1. The van der Waals surface area contributed by atoms with Crippen molar-refractivity contribution in [1.29, 1.82) is 5.41 Å². The molecule has 16 atom stereocenters. The van der Waals surface area contributed by atoms with E-state index in [1.165, 1.54) is 13.3 Å². The number of aliphatic imine (C=N–C) groups is 2. The van der Waals surface area contributed by atoms with E-state index < -0.39 is 149 Å². The van der Waals surface area contributed by atoms with Gasteiger partial charge in [0.2, 0.25) is 35.4 Å². The molecule has 17 N–H and O–H groups in total. The highest BCUT2D eigenvalue weighted by Gasteiger charge is 2.67. The van der Waals surface area contributed by atoms with Crippen LogP contribution >= 0.6 is 7.82 Å². The van der Waals surface area contributed by atoms with Gasteiger partial charge >= 0.3 is 7.82 Å². The molecule has 6 aliphatic heterocycles. The quantitative estimate of drug-likeness (QED) is 0.0366. The number of fused-ring (bicyclic) bond motifs is 8. The molecule has 1 aromatic carbocycles. The number of rotatable bonds is 26. The number of nitrogens with zero attached hydrogens (tertiary/aromatic N) is 4. The number of nitrogens with two attached hydrogens (primary N) is 5. The Balaban J connectivity index is 1.18. The third-order valence-electron chi connectivity index (χ3n) is 20.9.